The monoisotopic (exact) mass is 206 g/mol. The third kappa shape index (κ3) is 1.61. The molecule has 0 aliphatic carbocycles. The molecule has 2 aromatic heterocycles. The molecule has 0 amide bonds. The number of hydrogen-bond acceptors (Lipinski definition) is 3. The first kappa shape index (κ1) is 9.15. The van der Waals surface area contributed by atoms with E-state index in [0.717, 1.165) is 17.0 Å². The Morgan fingerprint density at radius 1 is 1.57 bits per heavy atom. The van der Waals surface area contributed by atoms with Crippen molar-refractivity contribution in [1.29, 1.82) is 0 Å². The highest BCUT2D eigenvalue weighted by Gasteiger charge is 2.04. The van der Waals surface area contributed by atoms with Crippen molar-refractivity contribution < 1.29 is 0 Å². The van der Waals surface area contributed by atoms with Crippen LogP contribution in [0.5, 0.6) is 0 Å². The zero-order valence-corrected chi connectivity index (χ0v) is 8.62. The summed E-state index contributed by atoms with van der Waals surface area (Å²) >= 11 is 1.26. The van der Waals surface area contributed by atoms with Gasteiger partial charge in [-0.25, -0.2) is 0 Å². The Kier molecular flexibility index (Phi) is 2.45. The van der Waals surface area contributed by atoms with Gasteiger partial charge in [0.1, 0.15) is 0 Å². The molecule has 0 saturated carbocycles. The summed E-state index contributed by atoms with van der Waals surface area (Å²) in [5, 5.41) is 0. The molecule has 4 heteroatoms. The van der Waals surface area contributed by atoms with Crippen molar-refractivity contribution in [3.05, 3.63) is 40.4 Å². The summed E-state index contributed by atoms with van der Waals surface area (Å²) in [4.78, 5) is 16.5. The minimum absolute atomic E-state index is 0.0892. The molecule has 2 rings (SSSR count). The predicted octanol–water partition coefficient (Wildman–Crippen LogP) is 1.99. The van der Waals surface area contributed by atoms with Gasteiger partial charge in [-0.05, 0) is 13.0 Å². The lowest BCUT2D eigenvalue weighted by Gasteiger charge is -1.93. The van der Waals surface area contributed by atoms with E-state index in [4.69, 9.17) is 0 Å². The normalized spacial score (nSPS) is 10.4. The van der Waals surface area contributed by atoms with Gasteiger partial charge >= 0.3 is 4.87 Å². The molecule has 14 heavy (non-hydrogen) atoms. The standard InChI is InChI=1S/C10H10N2OS/c1-2-12-7-9(14-10(12)13)8-4-3-5-11-6-8/h3-7H,2H2,1H3. The Hall–Kier alpha value is -1.42. The van der Waals surface area contributed by atoms with Gasteiger partial charge in [-0.3, -0.25) is 9.78 Å². The van der Waals surface area contributed by atoms with Crippen LogP contribution in [0, 0.1) is 0 Å². The Balaban J connectivity index is 2.48. The van der Waals surface area contributed by atoms with Crippen LogP contribution in [0.25, 0.3) is 10.4 Å². The maximum atomic E-state index is 11.4. The Morgan fingerprint density at radius 3 is 3.00 bits per heavy atom. The van der Waals surface area contributed by atoms with Crippen LogP contribution < -0.4 is 4.87 Å². The van der Waals surface area contributed by atoms with Gasteiger partial charge in [0.25, 0.3) is 0 Å². The minimum Gasteiger partial charge on any atom is -0.306 e. The molecule has 2 aromatic rings. The van der Waals surface area contributed by atoms with Gasteiger partial charge in [-0.15, -0.1) is 0 Å². The van der Waals surface area contributed by atoms with Gasteiger partial charge in [-0.1, -0.05) is 17.4 Å². The first-order valence-electron chi connectivity index (χ1n) is 4.42. The van der Waals surface area contributed by atoms with Crippen molar-refractivity contribution >= 4 is 11.3 Å². The van der Waals surface area contributed by atoms with E-state index in [1.54, 1.807) is 17.0 Å². The molecule has 0 fully saturated rings. The van der Waals surface area contributed by atoms with Crippen LogP contribution >= 0.6 is 11.3 Å². The average Bonchev–Trinajstić information content (AvgIpc) is 2.61. The van der Waals surface area contributed by atoms with Crippen molar-refractivity contribution in [3.8, 4) is 10.4 Å². The molecular weight excluding hydrogens is 196 g/mol. The topological polar surface area (TPSA) is 34.9 Å². The van der Waals surface area contributed by atoms with Crippen LogP contribution in [0.2, 0.25) is 0 Å². The van der Waals surface area contributed by atoms with E-state index in [2.05, 4.69) is 4.98 Å². The number of nitrogens with zero attached hydrogens (tertiary/aromatic N) is 2. The molecule has 0 atom stereocenters. The molecule has 0 saturated heterocycles. The van der Waals surface area contributed by atoms with Gasteiger partial charge in [0.15, 0.2) is 0 Å². The van der Waals surface area contributed by atoms with Crippen LogP contribution in [0.1, 0.15) is 6.92 Å². The summed E-state index contributed by atoms with van der Waals surface area (Å²) in [7, 11) is 0. The summed E-state index contributed by atoms with van der Waals surface area (Å²) in [5.74, 6) is 0. The Bertz CT molecular complexity index is 472. The lowest BCUT2D eigenvalue weighted by molar-refractivity contribution is 0.750. The number of rotatable bonds is 2. The molecule has 0 spiro atoms. The molecule has 0 N–H and O–H groups in total. The van der Waals surface area contributed by atoms with Crippen molar-refractivity contribution in [2.24, 2.45) is 0 Å². The van der Waals surface area contributed by atoms with Crippen molar-refractivity contribution in [1.82, 2.24) is 9.55 Å². The van der Waals surface area contributed by atoms with Crippen LogP contribution in [0.15, 0.2) is 35.5 Å². The largest absolute Gasteiger partial charge is 0.307 e. The lowest BCUT2D eigenvalue weighted by Crippen LogP contribution is -2.09. The second-order valence-corrected chi connectivity index (χ2v) is 3.88. The predicted molar refractivity (Wildman–Crippen MR) is 57.5 cm³/mol. The first-order valence-corrected chi connectivity index (χ1v) is 5.23. The number of hydrogen-bond donors (Lipinski definition) is 0. The molecule has 0 aliphatic rings. The SMILES string of the molecule is CCn1cc(-c2cccnc2)sc1=O. The Morgan fingerprint density at radius 2 is 2.43 bits per heavy atom. The molecule has 0 aliphatic heterocycles. The van der Waals surface area contributed by atoms with Gasteiger partial charge in [0, 0.05) is 30.7 Å². The summed E-state index contributed by atoms with van der Waals surface area (Å²) in [6.45, 7) is 2.68. The van der Waals surface area contributed by atoms with Crippen molar-refractivity contribution in [3.63, 3.8) is 0 Å². The van der Waals surface area contributed by atoms with Crippen molar-refractivity contribution in [2.45, 2.75) is 13.5 Å². The first-order chi connectivity index (χ1) is 6.81. The number of thiazole rings is 1. The average molecular weight is 206 g/mol. The van der Waals surface area contributed by atoms with E-state index in [9.17, 15) is 4.79 Å². The zero-order valence-electron chi connectivity index (χ0n) is 7.80. The van der Waals surface area contributed by atoms with Crippen LogP contribution in [-0.4, -0.2) is 9.55 Å². The third-order valence-corrected chi connectivity index (χ3v) is 2.96. The molecule has 0 unspecified atom stereocenters. The maximum absolute atomic E-state index is 11.4. The number of aryl methyl sites for hydroxylation is 1. The summed E-state index contributed by atoms with van der Waals surface area (Å²) in [5.41, 5.74) is 1.00. The van der Waals surface area contributed by atoms with Crippen LogP contribution in [0.4, 0.5) is 0 Å². The second-order valence-electron chi connectivity index (χ2n) is 2.89. The molecular formula is C10H10N2OS. The van der Waals surface area contributed by atoms with Gasteiger partial charge < -0.3 is 4.57 Å². The molecule has 3 nitrogen and oxygen atoms in total. The lowest BCUT2D eigenvalue weighted by atomic mass is 10.2. The summed E-state index contributed by atoms with van der Waals surface area (Å²) in [6, 6.07) is 3.83. The van der Waals surface area contributed by atoms with Gasteiger partial charge in [0.2, 0.25) is 0 Å². The third-order valence-electron chi connectivity index (χ3n) is 1.99. The van der Waals surface area contributed by atoms with E-state index in [1.165, 1.54) is 11.3 Å². The second kappa shape index (κ2) is 3.75. The molecule has 2 heterocycles. The van der Waals surface area contributed by atoms with E-state index in [-0.39, 0.29) is 4.87 Å². The Labute approximate surface area is 85.7 Å². The highest BCUT2D eigenvalue weighted by molar-refractivity contribution is 7.12. The van der Waals surface area contributed by atoms with E-state index in [1.807, 2.05) is 25.3 Å². The molecule has 0 bridgehead atoms. The van der Waals surface area contributed by atoms with E-state index in [0.29, 0.717) is 0 Å². The summed E-state index contributed by atoms with van der Waals surface area (Å²) in [6.07, 6.45) is 5.37. The van der Waals surface area contributed by atoms with Crippen molar-refractivity contribution in [2.75, 3.05) is 0 Å². The van der Waals surface area contributed by atoms with Gasteiger partial charge in [0.05, 0.1) is 4.88 Å². The quantitative estimate of drug-likeness (QED) is 0.753. The van der Waals surface area contributed by atoms with Gasteiger partial charge in [-0.2, -0.15) is 0 Å². The van der Waals surface area contributed by atoms with E-state index < -0.39 is 0 Å². The highest BCUT2D eigenvalue weighted by Crippen LogP contribution is 2.20. The summed E-state index contributed by atoms with van der Waals surface area (Å²) < 4.78 is 1.70. The maximum Gasteiger partial charge on any atom is 0.307 e. The fourth-order valence-corrected chi connectivity index (χ4v) is 2.14. The highest BCUT2D eigenvalue weighted by atomic mass is 32.1. The molecule has 0 aromatic carbocycles. The fourth-order valence-electron chi connectivity index (χ4n) is 1.24. The number of aromatic nitrogens is 2. The zero-order chi connectivity index (χ0) is 9.97. The van der Waals surface area contributed by atoms with E-state index >= 15 is 0 Å². The fraction of sp³-hybridized carbons (Fsp3) is 0.200. The number of pyridine rings is 1. The van der Waals surface area contributed by atoms with Crippen LogP contribution in [-0.2, 0) is 6.54 Å². The minimum atomic E-state index is 0.0892. The smallest absolute Gasteiger partial charge is 0.306 e. The van der Waals surface area contributed by atoms with Crippen LogP contribution in [0.3, 0.4) is 0 Å². The molecule has 72 valence electrons. The molecule has 0 radical (unpaired) electrons.